The normalized spacial score (nSPS) is 10.7. The van der Waals surface area contributed by atoms with Crippen molar-refractivity contribution in [3.63, 3.8) is 0 Å². The van der Waals surface area contributed by atoms with Gasteiger partial charge in [0.15, 0.2) is 23.2 Å². The van der Waals surface area contributed by atoms with E-state index in [0.29, 0.717) is 16.6 Å². The molecule has 0 aliphatic carbocycles. The molecule has 0 fully saturated rings. The van der Waals surface area contributed by atoms with Gasteiger partial charge in [-0.3, -0.25) is 10.2 Å². The molecule has 3 aromatic carbocycles. The van der Waals surface area contributed by atoms with E-state index in [0.717, 1.165) is 39.2 Å². The first-order valence-electron chi connectivity index (χ1n) is 11.5. The number of rotatable bonds is 8. The Morgan fingerprint density at radius 3 is 2.25 bits per heavy atom. The quantitative estimate of drug-likeness (QED) is 0.211. The molecule has 0 radical (unpaired) electrons. The maximum absolute atomic E-state index is 12.5. The average Bonchev–Trinajstić information content (AvgIpc) is 2.82. The van der Waals surface area contributed by atoms with Crippen molar-refractivity contribution in [1.29, 1.82) is 0 Å². The van der Waals surface area contributed by atoms with Crippen LogP contribution in [0, 0.1) is 34.6 Å². The molecule has 188 valence electrons. The van der Waals surface area contributed by atoms with Crippen molar-refractivity contribution in [3.8, 4) is 11.5 Å². The van der Waals surface area contributed by atoms with Crippen molar-refractivity contribution >= 4 is 40.8 Å². The molecule has 0 bridgehead atoms. The monoisotopic (exact) mass is 504 g/mol. The van der Waals surface area contributed by atoms with E-state index < -0.39 is 0 Å². The fourth-order valence-electron chi connectivity index (χ4n) is 3.85. The van der Waals surface area contributed by atoms with E-state index >= 15 is 0 Å². The van der Waals surface area contributed by atoms with Crippen LogP contribution in [0.3, 0.4) is 0 Å². The lowest BCUT2D eigenvalue weighted by atomic mass is 10.1. The number of carbonyl (C=O) groups is 1. The molecular formula is C28H32N4O3S. The first-order valence-corrected chi connectivity index (χ1v) is 11.9. The highest BCUT2D eigenvalue weighted by Gasteiger charge is 2.11. The van der Waals surface area contributed by atoms with Crippen LogP contribution in [0.4, 0.5) is 11.4 Å². The lowest BCUT2D eigenvalue weighted by Gasteiger charge is -2.14. The molecule has 0 saturated carbocycles. The highest BCUT2D eigenvalue weighted by molar-refractivity contribution is 7.80. The summed E-state index contributed by atoms with van der Waals surface area (Å²) < 4.78 is 11.2. The van der Waals surface area contributed by atoms with Crippen molar-refractivity contribution in [1.82, 2.24) is 5.43 Å². The van der Waals surface area contributed by atoms with Crippen LogP contribution in [0.1, 0.15) is 33.4 Å². The molecule has 0 atom stereocenters. The van der Waals surface area contributed by atoms with Gasteiger partial charge in [0.2, 0.25) is 0 Å². The number of methoxy groups -OCH3 is 1. The number of hydrogen-bond acceptors (Lipinski definition) is 5. The molecule has 1 amide bonds. The van der Waals surface area contributed by atoms with Gasteiger partial charge in [-0.15, -0.1) is 0 Å². The van der Waals surface area contributed by atoms with Crippen LogP contribution in [0.5, 0.6) is 11.5 Å². The summed E-state index contributed by atoms with van der Waals surface area (Å²) >= 11 is 5.32. The molecule has 0 spiro atoms. The Morgan fingerprint density at radius 2 is 1.58 bits per heavy atom. The van der Waals surface area contributed by atoms with Crippen LogP contribution in [0.2, 0.25) is 0 Å². The molecule has 0 unspecified atom stereocenters. The Morgan fingerprint density at radius 1 is 0.889 bits per heavy atom. The summed E-state index contributed by atoms with van der Waals surface area (Å²) in [5.74, 6) is 0.708. The van der Waals surface area contributed by atoms with E-state index in [1.807, 2.05) is 65.0 Å². The molecule has 0 aromatic heterocycles. The number of hydrazone groups is 1. The Bertz CT molecular complexity index is 1280. The van der Waals surface area contributed by atoms with Crippen LogP contribution in [-0.2, 0) is 4.79 Å². The van der Waals surface area contributed by atoms with Crippen molar-refractivity contribution in [3.05, 3.63) is 81.9 Å². The number of ether oxygens (including phenoxy) is 2. The number of anilines is 2. The standard InChI is InChI=1S/C28H32N4O3S/c1-17-7-9-23(19(3)11-17)30-28(36)32-29-15-22-8-10-24(25(14-22)34-6)35-16-26(33)31-27-20(4)12-18(2)13-21(27)5/h7-15H,16H2,1-6H3,(H,31,33)(H2,30,32,36)/b29-15+. The van der Waals surface area contributed by atoms with E-state index in [4.69, 9.17) is 21.7 Å². The molecule has 0 aliphatic heterocycles. The fraction of sp³-hybridized carbons (Fsp3) is 0.250. The number of amides is 1. The Labute approximate surface area is 217 Å². The second kappa shape index (κ2) is 12.2. The molecule has 3 N–H and O–H groups in total. The van der Waals surface area contributed by atoms with Crippen molar-refractivity contribution in [2.75, 3.05) is 24.4 Å². The van der Waals surface area contributed by atoms with Gasteiger partial charge in [0.1, 0.15) is 0 Å². The fourth-order valence-corrected chi connectivity index (χ4v) is 4.01. The summed E-state index contributed by atoms with van der Waals surface area (Å²) in [5, 5.41) is 10.6. The number of thiocarbonyl (C=S) groups is 1. The summed E-state index contributed by atoms with van der Waals surface area (Å²) in [7, 11) is 1.55. The number of hydrogen-bond donors (Lipinski definition) is 3. The van der Waals surface area contributed by atoms with Gasteiger partial charge >= 0.3 is 0 Å². The van der Waals surface area contributed by atoms with E-state index in [-0.39, 0.29) is 12.5 Å². The molecule has 7 nitrogen and oxygen atoms in total. The van der Waals surface area contributed by atoms with Gasteiger partial charge in [0.25, 0.3) is 5.91 Å². The van der Waals surface area contributed by atoms with Crippen molar-refractivity contribution in [2.24, 2.45) is 5.10 Å². The third kappa shape index (κ3) is 7.29. The zero-order valence-corrected chi connectivity index (χ0v) is 22.3. The highest BCUT2D eigenvalue weighted by Crippen LogP contribution is 2.28. The average molecular weight is 505 g/mol. The second-order valence-electron chi connectivity index (χ2n) is 8.66. The first-order chi connectivity index (χ1) is 17.2. The minimum Gasteiger partial charge on any atom is -0.493 e. The lowest BCUT2D eigenvalue weighted by Crippen LogP contribution is -2.24. The van der Waals surface area contributed by atoms with Gasteiger partial charge in [0.05, 0.1) is 13.3 Å². The Kier molecular flexibility index (Phi) is 9.02. The molecule has 36 heavy (non-hydrogen) atoms. The number of benzene rings is 3. The van der Waals surface area contributed by atoms with Gasteiger partial charge in [-0.25, -0.2) is 0 Å². The molecule has 0 aliphatic rings. The van der Waals surface area contributed by atoms with Crippen LogP contribution >= 0.6 is 12.2 Å². The maximum Gasteiger partial charge on any atom is 0.262 e. The minimum atomic E-state index is -0.244. The molecule has 0 saturated heterocycles. The molecule has 3 rings (SSSR count). The zero-order chi connectivity index (χ0) is 26.2. The summed E-state index contributed by atoms with van der Waals surface area (Å²) in [6.07, 6.45) is 1.62. The lowest BCUT2D eigenvalue weighted by molar-refractivity contribution is -0.118. The molecule has 3 aromatic rings. The minimum absolute atomic E-state index is 0.142. The van der Waals surface area contributed by atoms with E-state index in [9.17, 15) is 4.79 Å². The number of aryl methyl sites for hydroxylation is 5. The molecule has 8 heteroatoms. The molecular weight excluding hydrogens is 472 g/mol. The van der Waals surface area contributed by atoms with Crippen molar-refractivity contribution in [2.45, 2.75) is 34.6 Å². The summed E-state index contributed by atoms with van der Waals surface area (Å²) in [6.45, 7) is 9.90. The van der Waals surface area contributed by atoms with Gasteiger partial charge in [-0.1, -0.05) is 35.4 Å². The number of nitrogens with one attached hydrogen (secondary N) is 3. The van der Waals surface area contributed by atoms with Gasteiger partial charge in [-0.2, -0.15) is 5.10 Å². The first kappa shape index (κ1) is 26.7. The predicted octanol–water partition coefficient (Wildman–Crippen LogP) is 5.58. The van der Waals surface area contributed by atoms with Crippen LogP contribution in [-0.4, -0.2) is 31.0 Å². The summed E-state index contributed by atoms with van der Waals surface area (Å²) in [6, 6.07) is 15.5. The zero-order valence-electron chi connectivity index (χ0n) is 21.5. The van der Waals surface area contributed by atoms with Crippen LogP contribution < -0.4 is 25.5 Å². The third-order valence-corrected chi connectivity index (χ3v) is 5.69. The van der Waals surface area contributed by atoms with E-state index in [2.05, 4.69) is 27.2 Å². The van der Waals surface area contributed by atoms with E-state index in [1.54, 1.807) is 25.5 Å². The van der Waals surface area contributed by atoms with Gasteiger partial charge in [0, 0.05) is 11.4 Å². The Balaban J connectivity index is 1.56. The number of nitrogens with zero attached hydrogens (tertiary/aromatic N) is 1. The van der Waals surface area contributed by atoms with Crippen LogP contribution in [0.25, 0.3) is 0 Å². The molecule has 0 heterocycles. The predicted molar refractivity (Wildman–Crippen MR) is 151 cm³/mol. The highest BCUT2D eigenvalue weighted by atomic mass is 32.1. The topological polar surface area (TPSA) is 84.0 Å². The maximum atomic E-state index is 12.5. The van der Waals surface area contributed by atoms with Crippen LogP contribution in [0.15, 0.2) is 53.6 Å². The SMILES string of the molecule is COc1cc(/C=N/NC(=S)Nc2ccc(C)cc2C)ccc1OCC(=O)Nc1c(C)cc(C)cc1C. The van der Waals surface area contributed by atoms with Gasteiger partial charge in [-0.05, 0) is 93.4 Å². The van der Waals surface area contributed by atoms with E-state index in [1.165, 1.54) is 5.56 Å². The van der Waals surface area contributed by atoms with Crippen molar-refractivity contribution < 1.29 is 14.3 Å². The third-order valence-electron chi connectivity index (χ3n) is 5.50. The second-order valence-corrected chi connectivity index (χ2v) is 9.07. The van der Waals surface area contributed by atoms with Gasteiger partial charge < -0.3 is 20.1 Å². The Hall–Kier alpha value is -3.91. The largest absolute Gasteiger partial charge is 0.493 e. The summed E-state index contributed by atoms with van der Waals surface area (Å²) in [5.41, 5.74) is 10.8. The smallest absolute Gasteiger partial charge is 0.262 e. The summed E-state index contributed by atoms with van der Waals surface area (Å²) in [4.78, 5) is 12.5. The number of carbonyl (C=O) groups excluding carboxylic acids is 1.